The minimum absolute atomic E-state index is 0.100. The van der Waals surface area contributed by atoms with Gasteiger partial charge in [-0.05, 0) is 30.5 Å². The number of methoxy groups -OCH3 is 1. The zero-order valence-corrected chi connectivity index (χ0v) is 14.0. The third kappa shape index (κ3) is 2.96. The fraction of sp³-hybridized carbons (Fsp3) is 0.312. The fourth-order valence-corrected chi connectivity index (χ4v) is 3.55. The molecule has 0 bridgehead atoms. The lowest BCUT2D eigenvalue weighted by atomic mass is 9.64. The summed E-state index contributed by atoms with van der Waals surface area (Å²) in [6.07, 6.45) is 3.98. The molecule has 1 aromatic carbocycles. The van der Waals surface area contributed by atoms with E-state index in [1.54, 1.807) is 12.1 Å². The fourth-order valence-electron chi connectivity index (χ4n) is 2.69. The van der Waals surface area contributed by atoms with E-state index in [-0.39, 0.29) is 5.91 Å². The van der Waals surface area contributed by atoms with Crippen LogP contribution in [0.15, 0.2) is 30.5 Å². The van der Waals surface area contributed by atoms with Gasteiger partial charge in [0.05, 0.1) is 18.7 Å². The number of hydrogen-bond donors (Lipinski definition) is 1. The maximum absolute atomic E-state index is 12.8. The van der Waals surface area contributed by atoms with Gasteiger partial charge in [0.2, 0.25) is 5.91 Å². The molecule has 1 aromatic heterocycles. The summed E-state index contributed by atoms with van der Waals surface area (Å²) >= 11 is 7.03. The molecule has 0 atom stereocenters. The number of thiazole rings is 1. The third-order valence-electron chi connectivity index (χ3n) is 4.15. The molecule has 120 valence electrons. The summed E-state index contributed by atoms with van der Waals surface area (Å²) in [4.78, 5) is 28.6. The van der Waals surface area contributed by atoms with Crippen LogP contribution in [-0.2, 0) is 14.9 Å². The predicted molar refractivity (Wildman–Crippen MR) is 89.1 cm³/mol. The number of nitrogens with one attached hydrogen (secondary N) is 1. The van der Waals surface area contributed by atoms with Gasteiger partial charge < -0.3 is 10.1 Å². The van der Waals surface area contributed by atoms with Crippen LogP contribution in [0.25, 0.3) is 0 Å². The molecule has 1 aliphatic rings. The highest BCUT2D eigenvalue weighted by Crippen LogP contribution is 2.45. The molecule has 0 aliphatic heterocycles. The summed E-state index contributed by atoms with van der Waals surface area (Å²) in [5, 5.41) is 3.87. The van der Waals surface area contributed by atoms with Crippen LogP contribution < -0.4 is 5.32 Å². The molecule has 1 fully saturated rings. The second-order valence-corrected chi connectivity index (χ2v) is 6.89. The first kappa shape index (κ1) is 16.0. The Morgan fingerprint density at radius 1 is 1.30 bits per heavy atom. The van der Waals surface area contributed by atoms with E-state index in [0.717, 1.165) is 36.2 Å². The molecule has 0 saturated heterocycles. The van der Waals surface area contributed by atoms with E-state index in [2.05, 4.69) is 15.0 Å². The van der Waals surface area contributed by atoms with Crippen LogP contribution >= 0.6 is 22.9 Å². The highest BCUT2D eigenvalue weighted by atomic mass is 35.5. The van der Waals surface area contributed by atoms with Gasteiger partial charge in [-0.3, -0.25) is 4.79 Å². The number of halogens is 1. The largest absolute Gasteiger partial charge is 0.465 e. The summed E-state index contributed by atoms with van der Waals surface area (Å²) in [5.41, 5.74) is 0.414. The minimum atomic E-state index is -0.540. The lowest BCUT2D eigenvalue weighted by molar-refractivity contribution is -0.124. The van der Waals surface area contributed by atoms with Crippen molar-refractivity contribution in [3.8, 4) is 0 Å². The number of carbonyl (C=O) groups is 2. The Kier molecular flexibility index (Phi) is 4.37. The first-order valence-electron chi connectivity index (χ1n) is 7.17. The maximum atomic E-state index is 12.8. The van der Waals surface area contributed by atoms with Crippen molar-refractivity contribution in [1.82, 2.24) is 4.98 Å². The van der Waals surface area contributed by atoms with Crippen molar-refractivity contribution in [3.63, 3.8) is 0 Å². The Balaban J connectivity index is 1.79. The van der Waals surface area contributed by atoms with E-state index in [1.807, 2.05) is 12.1 Å². The second-order valence-electron chi connectivity index (χ2n) is 5.42. The monoisotopic (exact) mass is 350 g/mol. The number of aromatic nitrogens is 1. The lowest BCUT2D eigenvalue weighted by Gasteiger charge is -2.40. The standard InChI is InChI=1S/C16H15ClN2O3S/c1-22-13(20)12-9-18-15(23-12)19-14(21)16(7-2-8-16)10-3-5-11(17)6-4-10/h3-6,9H,2,7-8H2,1H3,(H,18,19,21). The molecule has 0 spiro atoms. The molecular weight excluding hydrogens is 336 g/mol. The van der Waals surface area contributed by atoms with Crippen molar-refractivity contribution in [1.29, 1.82) is 0 Å². The number of ether oxygens (including phenoxy) is 1. The summed E-state index contributed by atoms with van der Waals surface area (Å²) in [6.45, 7) is 0. The number of esters is 1. The number of benzene rings is 1. The van der Waals surface area contributed by atoms with Gasteiger partial charge in [-0.15, -0.1) is 0 Å². The minimum Gasteiger partial charge on any atom is -0.465 e. The maximum Gasteiger partial charge on any atom is 0.349 e. The molecule has 0 radical (unpaired) electrons. The van der Waals surface area contributed by atoms with Crippen LogP contribution in [-0.4, -0.2) is 24.0 Å². The summed E-state index contributed by atoms with van der Waals surface area (Å²) in [5.74, 6) is -0.559. The van der Waals surface area contributed by atoms with Crippen LogP contribution in [0, 0.1) is 0 Å². The Labute approximate surface area is 142 Å². The Bertz CT molecular complexity index is 738. The SMILES string of the molecule is COC(=O)c1cnc(NC(=O)C2(c3ccc(Cl)cc3)CCC2)s1. The summed E-state index contributed by atoms with van der Waals surface area (Å²) in [7, 11) is 1.31. The van der Waals surface area contributed by atoms with Gasteiger partial charge in [0, 0.05) is 5.02 Å². The summed E-state index contributed by atoms with van der Waals surface area (Å²) < 4.78 is 4.64. The van der Waals surface area contributed by atoms with E-state index < -0.39 is 11.4 Å². The number of carbonyl (C=O) groups excluding carboxylic acids is 2. The molecule has 1 N–H and O–H groups in total. The van der Waals surface area contributed by atoms with E-state index >= 15 is 0 Å². The molecule has 1 amide bonds. The van der Waals surface area contributed by atoms with Crippen molar-refractivity contribution in [3.05, 3.63) is 45.9 Å². The summed E-state index contributed by atoms with van der Waals surface area (Å²) in [6, 6.07) is 7.37. The topological polar surface area (TPSA) is 68.3 Å². The first-order chi connectivity index (χ1) is 11.0. The molecule has 1 saturated carbocycles. The highest BCUT2D eigenvalue weighted by Gasteiger charge is 2.45. The third-order valence-corrected chi connectivity index (χ3v) is 5.30. The van der Waals surface area contributed by atoms with Gasteiger partial charge in [-0.2, -0.15) is 0 Å². The van der Waals surface area contributed by atoms with Crippen molar-refractivity contribution >= 4 is 39.9 Å². The molecular formula is C16H15ClN2O3S. The lowest BCUT2D eigenvalue weighted by Crippen LogP contribution is -2.45. The highest BCUT2D eigenvalue weighted by molar-refractivity contribution is 7.17. The molecule has 3 rings (SSSR count). The average Bonchev–Trinajstić information content (AvgIpc) is 2.95. The zero-order chi connectivity index (χ0) is 16.4. The van der Waals surface area contributed by atoms with Gasteiger partial charge in [-0.1, -0.05) is 41.5 Å². The molecule has 5 nitrogen and oxygen atoms in total. The van der Waals surface area contributed by atoms with Gasteiger partial charge in [-0.25, -0.2) is 9.78 Å². The molecule has 23 heavy (non-hydrogen) atoms. The van der Waals surface area contributed by atoms with E-state index in [1.165, 1.54) is 13.3 Å². The number of anilines is 1. The smallest absolute Gasteiger partial charge is 0.349 e. The molecule has 0 unspecified atom stereocenters. The zero-order valence-electron chi connectivity index (χ0n) is 12.5. The van der Waals surface area contributed by atoms with E-state index in [4.69, 9.17) is 11.6 Å². The number of amides is 1. The molecule has 1 aliphatic carbocycles. The van der Waals surface area contributed by atoms with Crippen LogP contribution in [0.1, 0.15) is 34.5 Å². The van der Waals surface area contributed by atoms with Crippen molar-refractivity contribution < 1.29 is 14.3 Å². The Morgan fingerprint density at radius 2 is 2.00 bits per heavy atom. The van der Waals surface area contributed by atoms with Gasteiger partial charge in [0.15, 0.2) is 5.13 Å². The van der Waals surface area contributed by atoms with Gasteiger partial charge >= 0.3 is 5.97 Å². The number of hydrogen-bond acceptors (Lipinski definition) is 5. The number of nitrogens with zero attached hydrogens (tertiary/aromatic N) is 1. The van der Waals surface area contributed by atoms with E-state index in [9.17, 15) is 9.59 Å². The molecule has 2 aromatic rings. The second kappa shape index (κ2) is 6.29. The van der Waals surface area contributed by atoms with E-state index in [0.29, 0.717) is 15.0 Å². The van der Waals surface area contributed by atoms with Crippen LogP contribution in [0.5, 0.6) is 0 Å². The first-order valence-corrected chi connectivity index (χ1v) is 8.36. The Hall–Kier alpha value is -1.92. The number of rotatable bonds is 4. The molecule has 1 heterocycles. The van der Waals surface area contributed by atoms with Gasteiger partial charge in [0.25, 0.3) is 0 Å². The van der Waals surface area contributed by atoms with Crippen LogP contribution in [0.2, 0.25) is 5.02 Å². The van der Waals surface area contributed by atoms with Gasteiger partial charge in [0.1, 0.15) is 4.88 Å². The average molecular weight is 351 g/mol. The van der Waals surface area contributed by atoms with Crippen molar-refractivity contribution in [2.24, 2.45) is 0 Å². The van der Waals surface area contributed by atoms with Crippen molar-refractivity contribution in [2.45, 2.75) is 24.7 Å². The normalized spacial score (nSPS) is 15.6. The quantitative estimate of drug-likeness (QED) is 0.855. The van der Waals surface area contributed by atoms with Crippen molar-refractivity contribution in [2.75, 3.05) is 12.4 Å². The van der Waals surface area contributed by atoms with Crippen LogP contribution in [0.3, 0.4) is 0 Å². The molecule has 7 heteroatoms. The predicted octanol–water partition coefficient (Wildman–Crippen LogP) is 3.64. The van der Waals surface area contributed by atoms with Crippen LogP contribution in [0.4, 0.5) is 5.13 Å². The Morgan fingerprint density at radius 3 is 2.57 bits per heavy atom.